The molecule has 0 radical (unpaired) electrons. The van der Waals surface area contributed by atoms with Crippen LogP contribution in [-0.4, -0.2) is 11.1 Å². The van der Waals surface area contributed by atoms with E-state index in [9.17, 15) is 9.90 Å². The lowest BCUT2D eigenvalue weighted by molar-refractivity contribution is 0.0732. The standard InChI is InChI=1S/C28H30O3/c1-3-4-9-20-16-25(29)27(23-12-7-8-19(2)15-23)26(17-20)31-28(30)24-14-13-21-10-5-6-11-22(21)18-24/h5-6,10-11,13-18,23,29H,3-4,7-9,12H2,1-2H3. The minimum absolute atomic E-state index is 0.0633. The van der Waals surface area contributed by atoms with E-state index in [-0.39, 0.29) is 11.7 Å². The summed E-state index contributed by atoms with van der Waals surface area (Å²) in [5, 5.41) is 13.0. The van der Waals surface area contributed by atoms with Crippen molar-refractivity contribution in [2.45, 2.75) is 58.3 Å². The molecule has 1 aliphatic rings. The molecule has 1 aliphatic carbocycles. The van der Waals surface area contributed by atoms with Crippen molar-refractivity contribution in [1.82, 2.24) is 0 Å². The molecule has 0 spiro atoms. The molecule has 4 rings (SSSR count). The number of fused-ring (bicyclic) bond motifs is 1. The molecule has 3 aromatic rings. The molecule has 0 bridgehead atoms. The smallest absolute Gasteiger partial charge is 0.343 e. The van der Waals surface area contributed by atoms with Crippen molar-refractivity contribution in [3.63, 3.8) is 0 Å². The Bertz CT molecular complexity index is 1130. The number of ether oxygens (including phenoxy) is 1. The number of rotatable bonds is 6. The van der Waals surface area contributed by atoms with Crippen LogP contribution in [0.25, 0.3) is 10.8 Å². The predicted octanol–water partition coefficient (Wildman–Crippen LogP) is 7.32. The van der Waals surface area contributed by atoms with E-state index < -0.39 is 5.97 Å². The minimum atomic E-state index is -0.393. The van der Waals surface area contributed by atoms with Crippen LogP contribution in [0.4, 0.5) is 0 Å². The highest BCUT2D eigenvalue weighted by Gasteiger charge is 2.24. The molecule has 0 aliphatic heterocycles. The molecule has 3 heteroatoms. The zero-order valence-corrected chi connectivity index (χ0v) is 18.4. The number of allylic oxidation sites excluding steroid dienone is 2. The number of phenolic OH excluding ortho intramolecular Hbond substituents is 1. The SMILES string of the molecule is CCCCc1cc(O)c(C2C=C(C)CCC2)c(OC(=O)c2ccc3ccccc3c2)c1. The predicted molar refractivity (Wildman–Crippen MR) is 126 cm³/mol. The third kappa shape index (κ3) is 4.82. The van der Waals surface area contributed by atoms with Crippen LogP contribution in [0.15, 0.2) is 66.2 Å². The van der Waals surface area contributed by atoms with Gasteiger partial charge in [-0.25, -0.2) is 4.79 Å². The normalized spacial score (nSPS) is 16.2. The third-order valence-electron chi connectivity index (χ3n) is 6.13. The van der Waals surface area contributed by atoms with E-state index >= 15 is 0 Å². The molecular formula is C28H30O3. The number of carbonyl (C=O) groups is 1. The van der Waals surface area contributed by atoms with Crippen molar-refractivity contribution in [2.75, 3.05) is 0 Å². The molecule has 0 fully saturated rings. The van der Waals surface area contributed by atoms with E-state index in [0.29, 0.717) is 11.3 Å². The fraction of sp³-hybridized carbons (Fsp3) is 0.321. The Labute approximate surface area is 184 Å². The first-order valence-corrected chi connectivity index (χ1v) is 11.3. The maximum absolute atomic E-state index is 13.1. The first-order valence-electron chi connectivity index (χ1n) is 11.3. The van der Waals surface area contributed by atoms with E-state index in [1.807, 2.05) is 48.5 Å². The first-order chi connectivity index (χ1) is 15.0. The Balaban J connectivity index is 1.70. The van der Waals surface area contributed by atoms with Gasteiger partial charge in [0.05, 0.1) is 5.56 Å². The molecule has 0 amide bonds. The molecule has 0 saturated heterocycles. The lowest BCUT2D eigenvalue weighted by Crippen LogP contribution is -2.12. The van der Waals surface area contributed by atoms with E-state index in [1.54, 1.807) is 6.07 Å². The average molecular weight is 415 g/mol. The number of carbonyl (C=O) groups excluding carboxylic acids is 1. The molecule has 1 unspecified atom stereocenters. The second kappa shape index (κ2) is 9.38. The molecule has 3 aromatic carbocycles. The summed E-state index contributed by atoms with van der Waals surface area (Å²) < 4.78 is 5.94. The van der Waals surface area contributed by atoms with Crippen LogP contribution >= 0.6 is 0 Å². The lowest BCUT2D eigenvalue weighted by atomic mass is 9.84. The van der Waals surface area contributed by atoms with Crippen LogP contribution in [-0.2, 0) is 6.42 Å². The Morgan fingerprint density at radius 2 is 1.90 bits per heavy atom. The van der Waals surface area contributed by atoms with Crippen molar-refractivity contribution in [2.24, 2.45) is 0 Å². The van der Waals surface area contributed by atoms with Gasteiger partial charge in [0.1, 0.15) is 11.5 Å². The van der Waals surface area contributed by atoms with E-state index in [2.05, 4.69) is 19.9 Å². The highest BCUT2D eigenvalue weighted by molar-refractivity contribution is 5.96. The molecule has 0 heterocycles. The van der Waals surface area contributed by atoms with Crippen molar-refractivity contribution >= 4 is 16.7 Å². The highest BCUT2D eigenvalue weighted by Crippen LogP contribution is 2.42. The van der Waals surface area contributed by atoms with Crippen LogP contribution in [0.3, 0.4) is 0 Å². The molecule has 31 heavy (non-hydrogen) atoms. The number of hydrogen-bond donors (Lipinski definition) is 1. The van der Waals surface area contributed by atoms with Crippen LogP contribution in [0.1, 0.15) is 73.4 Å². The second-order valence-corrected chi connectivity index (χ2v) is 8.59. The molecule has 1 N–H and O–H groups in total. The fourth-order valence-corrected chi connectivity index (χ4v) is 4.46. The molecule has 1 atom stereocenters. The van der Waals surface area contributed by atoms with Gasteiger partial charge in [-0.3, -0.25) is 0 Å². The van der Waals surface area contributed by atoms with E-state index in [4.69, 9.17) is 4.74 Å². The fourth-order valence-electron chi connectivity index (χ4n) is 4.46. The maximum atomic E-state index is 13.1. The monoisotopic (exact) mass is 414 g/mol. The number of aryl methyl sites for hydroxylation is 1. The van der Waals surface area contributed by atoms with Gasteiger partial charge in [0.25, 0.3) is 0 Å². The van der Waals surface area contributed by atoms with Crippen molar-refractivity contribution in [1.29, 1.82) is 0 Å². The number of hydrogen-bond acceptors (Lipinski definition) is 3. The Morgan fingerprint density at radius 1 is 1.10 bits per heavy atom. The van der Waals surface area contributed by atoms with Crippen LogP contribution in [0.2, 0.25) is 0 Å². The topological polar surface area (TPSA) is 46.5 Å². The number of benzene rings is 3. The van der Waals surface area contributed by atoms with Crippen LogP contribution in [0.5, 0.6) is 11.5 Å². The summed E-state index contributed by atoms with van der Waals surface area (Å²) in [7, 11) is 0. The molecule has 0 saturated carbocycles. The average Bonchev–Trinajstić information content (AvgIpc) is 2.77. The summed E-state index contributed by atoms with van der Waals surface area (Å²) in [5.41, 5.74) is 3.56. The Morgan fingerprint density at radius 3 is 2.68 bits per heavy atom. The van der Waals surface area contributed by atoms with Crippen LogP contribution in [0, 0.1) is 0 Å². The van der Waals surface area contributed by atoms with Gasteiger partial charge in [-0.2, -0.15) is 0 Å². The molecule has 0 aromatic heterocycles. The summed E-state index contributed by atoms with van der Waals surface area (Å²) in [5.74, 6) is 0.384. The van der Waals surface area contributed by atoms with Gasteiger partial charge in [-0.15, -0.1) is 0 Å². The van der Waals surface area contributed by atoms with Crippen molar-refractivity contribution in [3.05, 3.63) is 82.9 Å². The Hall–Kier alpha value is -3.07. The Kier molecular flexibility index (Phi) is 6.41. The highest BCUT2D eigenvalue weighted by atomic mass is 16.5. The lowest BCUT2D eigenvalue weighted by Gasteiger charge is -2.23. The quantitative estimate of drug-likeness (QED) is 0.261. The van der Waals surface area contributed by atoms with Crippen molar-refractivity contribution in [3.8, 4) is 11.5 Å². The van der Waals surface area contributed by atoms with E-state index in [1.165, 1.54) is 5.57 Å². The number of phenols is 1. The molecule has 160 valence electrons. The van der Waals surface area contributed by atoms with Gasteiger partial charge in [0.2, 0.25) is 0 Å². The van der Waals surface area contributed by atoms with Crippen molar-refractivity contribution < 1.29 is 14.6 Å². The number of unbranched alkanes of at least 4 members (excludes halogenated alkanes) is 1. The number of esters is 1. The minimum Gasteiger partial charge on any atom is -0.507 e. The summed E-state index contributed by atoms with van der Waals surface area (Å²) >= 11 is 0. The molecule has 3 nitrogen and oxygen atoms in total. The summed E-state index contributed by atoms with van der Waals surface area (Å²) in [6, 6.07) is 17.4. The van der Waals surface area contributed by atoms with Gasteiger partial charge in [-0.1, -0.05) is 55.3 Å². The van der Waals surface area contributed by atoms with Gasteiger partial charge < -0.3 is 9.84 Å². The zero-order chi connectivity index (χ0) is 21.8. The van der Waals surface area contributed by atoms with Gasteiger partial charge in [0.15, 0.2) is 0 Å². The third-order valence-corrected chi connectivity index (χ3v) is 6.13. The summed E-state index contributed by atoms with van der Waals surface area (Å²) in [6.45, 7) is 4.27. The summed E-state index contributed by atoms with van der Waals surface area (Å²) in [6.07, 6.45) is 8.25. The maximum Gasteiger partial charge on any atom is 0.343 e. The van der Waals surface area contributed by atoms with Crippen LogP contribution < -0.4 is 4.74 Å². The zero-order valence-electron chi connectivity index (χ0n) is 18.4. The van der Waals surface area contributed by atoms with Gasteiger partial charge in [-0.05, 0) is 79.6 Å². The first kappa shape index (κ1) is 21.2. The number of aromatic hydroxyl groups is 1. The van der Waals surface area contributed by atoms with Gasteiger partial charge >= 0.3 is 5.97 Å². The van der Waals surface area contributed by atoms with E-state index in [0.717, 1.165) is 60.4 Å². The largest absolute Gasteiger partial charge is 0.507 e. The molecular weight excluding hydrogens is 384 g/mol. The summed E-state index contributed by atoms with van der Waals surface area (Å²) in [4.78, 5) is 13.1. The second-order valence-electron chi connectivity index (χ2n) is 8.59. The van der Waals surface area contributed by atoms with Gasteiger partial charge in [0, 0.05) is 11.5 Å².